The van der Waals surface area contributed by atoms with Gasteiger partial charge in [0.25, 0.3) is 0 Å². The lowest BCUT2D eigenvalue weighted by atomic mass is 10.1. The number of H-pyrrole nitrogens is 1. The van der Waals surface area contributed by atoms with Crippen LogP contribution in [0.3, 0.4) is 0 Å². The Morgan fingerprint density at radius 3 is 2.88 bits per heavy atom. The second-order valence-electron chi connectivity index (χ2n) is 5.56. The fourth-order valence-corrected chi connectivity index (χ4v) is 2.47. The molecule has 7 heteroatoms. The van der Waals surface area contributed by atoms with Crippen molar-refractivity contribution < 1.29 is 9.53 Å². The van der Waals surface area contributed by atoms with Crippen molar-refractivity contribution in [1.82, 2.24) is 25.5 Å². The van der Waals surface area contributed by atoms with Crippen molar-refractivity contribution in [3.63, 3.8) is 0 Å². The van der Waals surface area contributed by atoms with E-state index in [0.29, 0.717) is 17.4 Å². The molecule has 128 valence electrons. The highest BCUT2D eigenvalue weighted by atomic mass is 16.5. The van der Waals surface area contributed by atoms with E-state index in [2.05, 4.69) is 25.5 Å². The number of para-hydroxylation sites is 1. The van der Waals surface area contributed by atoms with Crippen LogP contribution in [0.5, 0.6) is 5.75 Å². The largest absolute Gasteiger partial charge is 0.496 e. The normalized spacial score (nSPS) is 11.8. The molecule has 25 heavy (non-hydrogen) atoms. The predicted octanol–water partition coefficient (Wildman–Crippen LogP) is 2.30. The van der Waals surface area contributed by atoms with Crippen LogP contribution in [0, 0.1) is 0 Å². The van der Waals surface area contributed by atoms with Gasteiger partial charge in [0.1, 0.15) is 11.6 Å². The van der Waals surface area contributed by atoms with Crippen molar-refractivity contribution in [2.75, 3.05) is 7.11 Å². The maximum Gasteiger partial charge on any atom is 0.225 e. The minimum absolute atomic E-state index is 0.115. The number of amides is 1. The van der Waals surface area contributed by atoms with E-state index in [-0.39, 0.29) is 18.4 Å². The number of nitrogens with one attached hydrogen (secondary N) is 2. The standard InChI is InChI=1S/C18H19N5O2/c1-12(17-21-18(23-22-17)14-7-5-9-19-11-14)20-16(24)10-13-6-3-4-8-15(13)25-2/h3-9,11-12H,10H2,1-2H3,(H,20,24)(H,21,22,23). The molecule has 0 aliphatic carbocycles. The Kier molecular flexibility index (Phi) is 5.03. The summed E-state index contributed by atoms with van der Waals surface area (Å²) in [4.78, 5) is 20.8. The van der Waals surface area contributed by atoms with Gasteiger partial charge >= 0.3 is 0 Å². The monoisotopic (exact) mass is 337 g/mol. The van der Waals surface area contributed by atoms with Gasteiger partial charge in [-0.1, -0.05) is 18.2 Å². The summed E-state index contributed by atoms with van der Waals surface area (Å²) < 4.78 is 5.27. The van der Waals surface area contributed by atoms with Crippen LogP contribution in [-0.4, -0.2) is 33.2 Å². The summed E-state index contributed by atoms with van der Waals surface area (Å²) in [7, 11) is 1.59. The Morgan fingerprint density at radius 1 is 1.28 bits per heavy atom. The Bertz CT molecular complexity index is 847. The van der Waals surface area contributed by atoms with Gasteiger partial charge in [0.05, 0.1) is 19.6 Å². The maximum atomic E-state index is 12.3. The van der Waals surface area contributed by atoms with Gasteiger partial charge < -0.3 is 10.1 Å². The summed E-state index contributed by atoms with van der Waals surface area (Å²) in [6, 6.07) is 10.9. The fraction of sp³-hybridized carbons (Fsp3) is 0.222. The predicted molar refractivity (Wildman–Crippen MR) is 92.9 cm³/mol. The molecule has 0 saturated carbocycles. The molecule has 2 heterocycles. The minimum atomic E-state index is -0.292. The van der Waals surface area contributed by atoms with Crippen molar-refractivity contribution in [1.29, 1.82) is 0 Å². The van der Waals surface area contributed by atoms with E-state index in [1.165, 1.54) is 0 Å². The maximum absolute atomic E-state index is 12.3. The molecule has 0 aliphatic heterocycles. The Balaban J connectivity index is 1.65. The first-order chi connectivity index (χ1) is 12.2. The highest BCUT2D eigenvalue weighted by Gasteiger charge is 2.16. The molecule has 0 saturated heterocycles. The van der Waals surface area contributed by atoms with Crippen LogP contribution in [0.25, 0.3) is 11.4 Å². The number of nitrogens with zero attached hydrogens (tertiary/aromatic N) is 3. The molecule has 2 N–H and O–H groups in total. The second-order valence-corrected chi connectivity index (χ2v) is 5.56. The SMILES string of the molecule is COc1ccccc1CC(=O)NC(C)c1nc(-c2cccnc2)n[nH]1. The molecule has 7 nitrogen and oxygen atoms in total. The number of rotatable bonds is 6. The zero-order valence-corrected chi connectivity index (χ0v) is 14.1. The van der Waals surface area contributed by atoms with Crippen LogP contribution in [0.4, 0.5) is 0 Å². The molecule has 2 aromatic heterocycles. The van der Waals surface area contributed by atoms with Crippen molar-refractivity contribution in [2.45, 2.75) is 19.4 Å². The summed E-state index contributed by atoms with van der Waals surface area (Å²) in [6.45, 7) is 1.85. The molecule has 1 aromatic carbocycles. The molecule has 0 fully saturated rings. The quantitative estimate of drug-likeness (QED) is 0.720. The third-order valence-corrected chi connectivity index (χ3v) is 3.75. The topological polar surface area (TPSA) is 92.8 Å². The van der Waals surface area contributed by atoms with Crippen LogP contribution in [0.15, 0.2) is 48.8 Å². The number of hydrogen-bond acceptors (Lipinski definition) is 5. The summed E-state index contributed by atoms with van der Waals surface area (Å²) >= 11 is 0. The lowest BCUT2D eigenvalue weighted by molar-refractivity contribution is -0.121. The molecule has 0 spiro atoms. The minimum Gasteiger partial charge on any atom is -0.496 e. The van der Waals surface area contributed by atoms with Crippen molar-refractivity contribution in [3.8, 4) is 17.1 Å². The number of hydrogen-bond donors (Lipinski definition) is 2. The molecular formula is C18H19N5O2. The summed E-state index contributed by atoms with van der Waals surface area (Å²) in [5, 5.41) is 9.96. The summed E-state index contributed by atoms with van der Waals surface area (Å²) in [5.74, 6) is 1.72. The lowest BCUT2D eigenvalue weighted by Gasteiger charge is -2.12. The van der Waals surface area contributed by atoms with Gasteiger partial charge in [-0.05, 0) is 25.1 Å². The number of carbonyl (C=O) groups is 1. The van der Waals surface area contributed by atoms with E-state index in [9.17, 15) is 4.79 Å². The van der Waals surface area contributed by atoms with Gasteiger partial charge in [-0.2, -0.15) is 5.10 Å². The van der Waals surface area contributed by atoms with Crippen LogP contribution >= 0.6 is 0 Å². The number of aromatic amines is 1. The molecule has 1 amide bonds. The third-order valence-electron chi connectivity index (χ3n) is 3.75. The van der Waals surface area contributed by atoms with Gasteiger partial charge in [-0.3, -0.25) is 14.9 Å². The van der Waals surface area contributed by atoms with Crippen LogP contribution in [-0.2, 0) is 11.2 Å². The Hall–Kier alpha value is -3.22. The summed E-state index contributed by atoms with van der Waals surface area (Å²) in [6.07, 6.45) is 3.62. The van der Waals surface area contributed by atoms with Gasteiger partial charge in [0, 0.05) is 23.5 Å². The molecule has 0 bridgehead atoms. The van der Waals surface area contributed by atoms with Gasteiger partial charge in [-0.15, -0.1) is 0 Å². The zero-order valence-electron chi connectivity index (χ0n) is 14.1. The molecule has 0 aliphatic rings. The molecule has 0 radical (unpaired) electrons. The molecule has 1 unspecified atom stereocenters. The number of pyridine rings is 1. The first-order valence-corrected chi connectivity index (χ1v) is 7.91. The van der Waals surface area contributed by atoms with Crippen molar-refractivity contribution in [2.24, 2.45) is 0 Å². The second kappa shape index (κ2) is 7.57. The van der Waals surface area contributed by atoms with Gasteiger partial charge in [-0.25, -0.2) is 4.98 Å². The van der Waals surface area contributed by atoms with E-state index in [1.807, 2.05) is 43.3 Å². The van der Waals surface area contributed by atoms with Gasteiger partial charge in [0.15, 0.2) is 5.82 Å². The zero-order chi connectivity index (χ0) is 17.6. The number of aromatic nitrogens is 4. The Morgan fingerprint density at radius 2 is 2.12 bits per heavy atom. The number of benzene rings is 1. The van der Waals surface area contributed by atoms with E-state index < -0.39 is 0 Å². The van der Waals surface area contributed by atoms with Crippen molar-refractivity contribution >= 4 is 5.91 Å². The van der Waals surface area contributed by atoms with E-state index >= 15 is 0 Å². The number of ether oxygens (including phenoxy) is 1. The molecular weight excluding hydrogens is 318 g/mol. The number of methoxy groups -OCH3 is 1. The first kappa shape index (κ1) is 16.6. The van der Waals surface area contributed by atoms with Crippen LogP contribution < -0.4 is 10.1 Å². The first-order valence-electron chi connectivity index (χ1n) is 7.91. The smallest absolute Gasteiger partial charge is 0.225 e. The number of carbonyl (C=O) groups excluding carboxylic acids is 1. The van der Waals surface area contributed by atoms with E-state index in [4.69, 9.17) is 4.74 Å². The molecule has 3 aromatic rings. The van der Waals surface area contributed by atoms with Crippen LogP contribution in [0.2, 0.25) is 0 Å². The van der Waals surface area contributed by atoms with Gasteiger partial charge in [0.2, 0.25) is 5.91 Å². The van der Waals surface area contributed by atoms with Crippen LogP contribution in [0.1, 0.15) is 24.4 Å². The average molecular weight is 337 g/mol. The Labute approximate surface area is 145 Å². The average Bonchev–Trinajstić information content (AvgIpc) is 3.13. The summed E-state index contributed by atoms with van der Waals surface area (Å²) in [5.41, 5.74) is 1.65. The molecule has 1 atom stereocenters. The van der Waals surface area contributed by atoms with Crippen molar-refractivity contribution in [3.05, 3.63) is 60.2 Å². The lowest BCUT2D eigenvalue weighted by Crippen LogP contribution is -2.28. The van der Waals surface area contributed by atoms with E-state index in [1.54, 1.807) is 19.5 Å². The molecule has 3 rings (SSSR count). The fourth-order valence-electron chi connectivity index (χ4n) is 2.47. The highest BCUT2D eigenvalue weighted by Crippen LogP contribution is 2.19. The highest BCUT2D eigenvalue weighted by molar-refractivity contribution is 5.79. The third kappa shape index (κ3) is 4.00. The van der Waals surface area contributed by atoms with E-state index in [0.717, 1.165) is 11.1 Å².